The lowest BCUT2D eigenvalue weighted by atomic mass is 10.1. The molecule has 3 aromatic carbocycles. The smallest absolute Gasteiger partial charge is 0.339 e. The van der Waals surface area contributed by atoms with Crippen molar-refractivity contribution in [2.24, 2.45) is 0 Å². The Bertz CT molecular complexity index is 1240. The summed E-state index contributed by atoms with van der Waals surface area (Å²) in [6.45, 7) is 7.62. The number of nitrogens with zero attached hydrogens (tertiary/aromatic N) is 2. The molecule has 35 heavy (non-hydrogen) atoms. The van der Waals surface area contributed by atoms with Crippen molar-refractivity contribution in [1.82, 2.24) is 4.90 Å². The van der Waals surface area contributed by atoms with Gasteiger partial charge in [-0.3, -0.25) is 4.90 Å². The number of piperazine rings is 1. The Kier molecular flexibility index (Phi) is 7.52. The van der Waals surface area contributed by atoms with Gasteiger partial charge in [0.25, 0.3) is 0 Å². The zero-order chi connectivity index (χ0) is 25.0. The second-order valence-electron chi connectivity index (χ2n) is 8.80. The number of hydrogen-bond acceptors (Lipinski definition) is 7. The van der Waals surface area contributed by atoms with Crippen molar-refractivity contribution in [2.45, 2.75) is 31.3 Å². The molecule has 186 valence electrons. The fourth-order valence-corrected chi connectivity index (χ4v) is 5.20. The minimum Gasteiger partial charge on any atom is -0.493 e. The maximum Gasteiger partial charge on any atom is 0.339 e. The number of benzene rings is 3. The van der Waals surface area contributed by atoms with Gasteiger partial charge in [-0.15, -0.1) is 0 Å². The van der Waals surface area contributed by atoms with Crippen LogP contribution in [0.3, 0.4) is 0 Å². The van der Waals surface area contributed by atoms with E-state index in [-0.39, 0.29) is 4.90 Å². The fourth-order valence-electron chi connectivity index (χ4n) is 4.27. The lowest BCUT2D eigenvalue weighted by Gasteiger charge is -2.41. The van der Waals surface area contributed by atoms with Crippen LogP contribution in [0.15, 0.2) is 71.6 Å². The highest BCUT2D eigenvalue weighted by molar-refractivity contribution is 7.87. The van der Waals surface area contributed by atoms with Crippen LogP contribution in [-0.4, -0.2) is 53.2 Å². The highest BCUT2D eigenvalue weighted by Gasteiger charge is 2.24. The third-order valence-corrected chi connectivity index (χ3v) is 7.58. The standard InChI is InChI=1S/C27H32N2O5S/c1-20-5-12-25(13-6-20)35(30,31)34-24-10-8-23(9-11-24)29-16-15-28(21(2)18-29)19-22-7-14-26(32-3)27(17-22)33-4/h5-14,17,21H,15-16,18-19H2,1-4H3/t21-/m0/s1. The van der Waals surface area contributed by atoms with Gasteiger partial charge in [-0.2, -0.15) is 8.42 Å². The largest absolute Gasteiger partial charge is 0.493 e. The van der Waals surface area contributed by atoms with Crippen LogP contribution in [0.5, 0.6) is 17.2 Å². The summed E-state index contributed by atoms with van der Waals surface area (Å²) in [4.78, 5) is 4.91. The third-order valence-electron chi connectivity index (χ3n) is 6.32. The number of hydrogen-bond donors (Lipinski definition) is 0. The van der Waals surface area contributed by atoms with Crippen molar-refractivity contribution in [1.29, 1.82) is 0 Å². The van der Waals surface area contributed by atoms with E-state index >= 15 is 0 Å². The summed E-state index contributed by atoms with van der Waals surface area (Å²) in [5.74, 6) is 1.77. The van der Waals surface area contributed by atoms with Crippen LogP contribution in [0.25, 0.3) is 0 Å². The lowest BCUT2D eigenvalue weighted by molar-refractivity contribution is 0.181. The quantitative estimate of drug-likeness (QED) is 0.426. The van der Waals surface area contributed by atoms with Gasteiger partial charge in [-0.1, -0.05) is 23.8 Å². The van der Waals surface area contributed by atoms with Crippen molar-refractivity contribution >= 4 is 15.8 Å². The molecule has 1 fully saturated rings. The van der Waals surface area contributed by atoms with Crippen molar-refractivity contribution in [3.63, 3.8) is 0 Å². The summed E-state index contributed by atoms with van der Waals surface area (Å²) in [5.41, 5.74) is 3.22. The minimum atomic E-state index is -3.86. The van der Waals surface area contributed by atoms with Gasteiger partial charge in [0.1, 0.15) is 10.6 Å². The van der Waals surface area contributed by atoms with Gasteiger partial charge in [0, 0.05) is 37.9 Å². The highest BCUT2D eigenvalue weighted by Crippen LogP contribution is 2.29. The molecule has 3 aromatic rings. The minimum absolute atomic E-state index is 0.145. The van der Waals surface area contributed by atoms with Crippen molar-refractivity contribution in [3.8, 4) is 17.2 Å². The summed E-state index contributed by atoms with van der Waals surface area (Å²) in [6, 6.07) is 20.3. The SMILES string of the molecule is COc1ccc(CN2CCN(c3ccc(OS(=O)(=O)c4ccc(C)cc4)cc3)C[C@@H]2C)cc1OC. The van der Waals surface area contributed by atoms with Crippen LogP contribution in [0.4, 0.5) is 5.69 Å². The van der Waals surface area contributed by atoms with E-state index in [0.717, 1.165) is 48.9 Å². The summed E-state index contributed by atoms with van der Waals surface area (Å²) >= 11 is 0. The molecule has 0 radical (unpaired) electrons. The van der Waals surface area contributed by atoms with E-state index in [2.05, 4.69) is 22.8 Å². The second-order valence-corrected chi connectivity index (χ2v) is 10.3. The van der Waals surface area contributed by atoms with E-state index < -0.39 is 10.1 Å². The molecule has 8 heteroatoms. The van der Waals surface area contributed by atoms with Crippen LogP contribution in [-0.2, 0) is 16.7 Å². The van der Waals surface area contributed by atoms with Gasteiger partial charge in [0.15, 0.2) is 11.5 Å². The summed E-state index contributed by atoms with van der Waals surface area (Å²) in [6.07, 6.45) is 0. The van der Waals surface area contributed by atoms with Crippen molar-refractivity contribution in [3.05, 3.63) is 77.9 Å². The van der Waals surface area contributed by atoms with E-state index in [9.17, 15) is 8.42 Å². The van der Waals surface area contributed by atoms with Gasteiger partial charge >= 0.3 is 10.1 Å². The number of methoxy groups -OCH3 is 2. The normalized spacial score (nSPS) is 16.7. The summed E-state index contributed by atoms with van der Waals surface area (Å²) in [7, 11) is -0.571. The maximum atomic E-state index is 12.6. The third kappa shape index (κ3) is 5.89. The number of ether oxygens (including phenoxy) is 2. The lowest BCUT2D eigenvalue weighted by Crippen LogP contribution is -2.51. The molecule has 0 N–H and O–H groups in total. The first-order valence-electron chi connectivity index (χ1n) is 11.6. The van der Waals surface area contributed by atoms with Gasteiger partial charge in [0.2, 0.25) is 0 Å². The summed E-state index contributed by atoms with van der Waals surface area (Å²) < 4.78 is 41.2. The number of rotatable bonds is 8. The molecule has 4 rings (SSSR count). The predicted molar refractivity (Wildman–Crippen MR) is 137 cm³/mol. The molecule has 0 saturated carbocycles. The molecule has 1 aliphatic rings. The monoisotopic (exact) mass is 496 g/mol. The molecule has 1 atom stereocenters. The molecule has 0 bridgehead atoms. The van der Waals surface area contributed by atoms with Crippen molar-refractivity contribution < 1.29 is 22.1 Å². The van der Waals surface area contributed by atoms with E-state index in [0.29, 0.717) is 11.8 Å². The molecule has 0 unspecified atom stereocenters. The molecular formula is C27H32N2O5S. The fraction of sp³-hybridized carbons (Fsp3) is 0.333. The van der Waals surface area contributed by atoms with E-state index in [1.807, 2.05) is 31.2 Å². The van der Waals surface area contributed by atoms with Gasteiger partial charge < -0.3 is 18.6 Å². The Morgan fingerprint density at radius 3 is 2.20 bits per heavy atom. The zero-order valence-corrected chi connectivity index (χ0v) is 21.4. The Balaban J connectivity index is 1.37. The van der Waals surface area contributed by atoms with Gasteiger partial charge in [0.05, 0.1) is 14.2 Å². The average molecular weight is 497 g/mol. The zero-order valence-electron chi connectivity index (χ0n) is 20.6. The molecule has 1 saturated heterocycles. The second kappa shape index (κ2) is 10.6. The molecule has 7 nitrogen and oxygen atoms in total. The van der Waals surface area contributed by atoms with Crippen LogP contribution in [0.1, 0.15) is 18.1 Å². The van der Waals surface area contributed by atoms with Gasteiger partial charge in [-0.05, 0) is 67.9 Å². The van der Waals surface area contributed by atoms with Gasteiger partial charge in [-0.25, -0.2) is 0 Å². The summed E-state index contributed by atoms with van der Waals surface area (Å²) in [5, 5.41) is 0. The van der Waals surface area contributed by atoms with E-state index in [1.54, 1.807) is 50.6 Å². The molecule has 1 heterocycles. The van der Waals surface area contributed by atoms with E-state index in [1.165, 1.54) is 5.56 Å². The average Bonchev–Trinajstić information content (AvgIpc) is 2.85. The van der Waals surface area contributed by atoms with E-state index in [4.69, 9.17) is 13.7 Å². The molecule has 0 amide bonds. The first-order valence-corrected chi connectivity index (χ1v) is 13.0. The van der Waals surface area contributed by atoms with Crippen LogP contribution in [0, 0.1) is 6.92 Å². The molecular weight excluding hydrogens is 464 g/mol. The molecule has 0 spiro atoms. The van der Waals surface area contributed by atoms with Crippen LogP contribution < -0.4 is 18.6 Å². The Hall–Kier alpha value is -3.23. The first kappa shape index (κ1) is 24.9. The molecule has 0 aliphatic carbocycles. The van der Waals surface area contributed by atoms with Crippen molar-refractivity contribution in [2.75, 3.05) is 38.8 Å². The Labute approximate surface area is 208 Å². The number of anilines is 1. The molecule has 0 aromatic heterocycles. The predicted octanol–water partition coefficient (Wildman–Crippen LogP) is 4.49. The first-order chi connectivity index (χ1) is 16.8. The topological polar surface area (TPSA) is 68.3 Å². The Morgan fingerprint density at radius 1 is 0.886 bits per heavy atom. The maximum absolute atomic E-state index is 12.6. The number of aryl methyl sites for hydroxylation is 1. The Morgan fingerprint density at radius 2 is 1.57 bits per heavy atom. The highest BCUT2D eigenvalue weighted by atomic mass is 32.2. The molecule has 1 aliphatic heterocycles. The van der Waals surface area contributed by atoms with Crippen LogP contribution in [0.2, 0.25) is 0 Å². The van der Waals surface area contributed by atoms with Crippen LogP contribution >= 0.6 is 0 Å².